The Morgan fingerprint density at radius 1 is 1.31 bits per heavy atom. The summed E-state index contributed by atoms with van der Waals surface area (Å²) in [5.74, 6) is -1.06. The Balaban J connectivity index is 0.00000225. The van der Waals surface area contributed by atoms with E-state index in [2.05, 4.69) is 0 Å². The Hall–Kier alpha value is -0.850. The van der Waals surface area contributed by atoms with Crippen molar-refractivity contribution in [3.05, 3.63) is 35.1 Å². The molecule has 0 amide bonds. The van der Waals surface area contributed by atoms with Crippen molar-refractivity contribution >= 4 is 12.4 Å². The quantitative estimate of drug-likeness (QED) is 0.801. The lowest BCUT2D eigenvalue weighted by Crippen LogP contribution is -2.17. The molecule has 0 aromatic heterocycles. The molecule has 16 heavy (non-hydrogen) atoms. The van der Waals surface area contributed by atoms with Gasteiger partial charge in [0.15, 0.2) is 0 Å². The molecule has 1 aromatic carbocycles. The molecule has 1 rings (SSSR count). The molecule has 0 bridgehead atoms. The smallest absolute Gasteiger partial charge is 0.394 e. The molecule has 3 N–H and O–H groups in total. The number of benzene rings is 1. The van der Waals surface area contributed by atoms with Crippen LogP contribution in [0, 0.1) is 5.82 Å². The lowest BCUT2D eigenvalue weighted by atomic mass is 10.1. The standard InChI is InChI=1S/C9H9F4NO.ClH/c10-7-3-5(9(11,12)13)1-2-6(7)8(14)4-15;/h1-3,8,15H,4,14H2;1H/t8-;/m0./s1. The summed E-state index contributed by atoms with van der Waals surface area (Å²) < 4.78 is 49.5. The van der Waals surface area contributed by atoms with Crippen LogP contribution in [0.1, 0.15) is 17.2 Å². The summed E-state index contributed by atoms with van der Waals surface area (Å²) in [6.45, 7) is -0.526. The monoisotopic (exact) mass is 259 g/mol. The van der Waals surface area contributed by atoms with Crippen LogP contribution >= 0.6 is 12.4 Å². The van der Waals surface area contributed by atoms with Crippen molar-refractivity contribution in [2.75, 3.05) is 6.61 Å². The molecule has 1 aromatic rings. The van der Waals surface area contributed by atoms with Crippen LogP contribution in [0.2, 0.25) is 0 Å². The fourth-order valence-corrected chi connectivity index (χ4v) is 1.10. The largest absolute Gasteiger partial charge is 0.416 e. The van der Waals surface area contributed by atoms with Crippen molar-refractivity contribution in [1.29, 1.82) is 0 Å². The first kappa shape index (κ1) is 15.2. The van der Waals surface area contributed by atoms with Gasteiger partial charge in [0.05, 0.1) is 18.2 Å². The van der Waals surface area contributed by atoms with Crippen LogP contribution in [0.5, 0.6) is 0 Å². The van der Waals surface area contributed by atoms with E-state index in [-0.39, 0.29) is 18.0 Å². The zero-order chi connectivity index (χ0) is 11.6. The van der Waals surface area contributed by atoms with E-state index in [1.54, 1.807) is 0 Å². The van der Waals surface area contributed by atoms with E-state index in [9.17, 15) is 17.6 Å². The Morgan fingerprint density at radius 2 is 1.88 bits per heavy atom. The number of aliphatic hydroxyl groups is 1. The van der Waals surface area contributed by atoms with Crippen molar-refractivity contribution < 1.29 is 22.7 Å². The summed E-state index contributed by atoms with van der Waals surface area (Å²) in [7, 11) is 0. The second-order valence-electron chi connectivity index (χ2n) is 3.02. The number of aliphatic hydroxyl groups excluding tert-OH is 1. The number of hydrogen-bond acceptors (Lipinski definition) is 2. The minimum atomic E-state index is -4.58. The van der Waals surface area contributed by atoms with Crippen LogP contribution in [-0.4, -0.2) is 11.7 Å². The third-order valence-corrected chi connectivity index (χ3v) is 1.92. The fourth-order valence-electron chi connectivity index (χ4n) is 1.10. The topological polar surface area (TPSA) is 46.2 Å². The normalized spacial score (nSPS) is 13.1. The Labute approximate surface area is 95.5 Å². The highest BCUT2D eigenvalue weighted by Crippen LogP contribution is 2.30. The van der Waals surface area contributed by atoms with Crippen LogP contribution in [0.25, 0.3) is 0 Å². The summed E-state index contributed by atoms with van der Waals surface area (Å²) in [6.07, 6.45) is -4.58. The third-order valence-electron chi connectivity index (χ3n) is 1.92. The molecule has 7 heteroatoms. The maximum absolute atomic E-state index is 13.1. The van der Waals surface area contributed by atoms with Crippen molar-refractivity contribution in [2.24, 2.45) is 5.73 Å². The highest BCUT2D eigenvalue weighted by Gasteiger charge is 2.31. The van der Waals surface area contributed by atoms with Crippen molar-refractivity contribution in [2.45, 2.75) is 12.2 Å². The van der Waals surface area contributed by atoms with E-state index in [4.69, 9.17) is 10.8 Å². The Morgan fingerprint density at radius 3 is 2.25 bits per heavy atom. The predicted octanol–water partition coefficient (Wildman–Crippen LogP) is 2.26. The maximum Gasteiger partial charge on any atom is 0.416 e. The molecule has 0 fully saturated rings. The van der Waals surface area contributed by atoms with E-state index in [1.165, 1.54) is 0 Å². The molecule has 0 spiro atoms. The first-order chi connectivity index (χ1) is 6.86. The van der Waals surface area contributed by atoms with E-state index in [0.29, 0.717) is 6.07 Å². The summed E-state index contributed by atoms with van der Waals surface area (Å²) in [5, 5.41) is 8.63. The van der Waals surface area contributed by atoms with Gasteiger partial charge in [-0.2, -0.15) is 13.2 Å². The number of alkyl halides is 3. The molecule has 0 aliphatic carbocycles. The van der Waals surface area contributed by atoms with Crippen molar-refractivity contribution in [1.82, 2.24) is 0 Å². The van der Waals surface area contributed by atoms with Gasteiger partial charge >= 0.3 is 6.18 Å². The zero-order valence-corrected chi connectivity index (χ0v) is 8.78. The molecule has 2 nitrogen and oxygen atoms in total. The van der Waals surface area contributed by atoms with Crippen LogP contribution in [0.15, 0.2) is 18.2 Å². The first-order valence-corrected chi connectivity index (χ1v) is 4.09. The molecular formula is C9H10ClF4NO. The molecule has 1 atom stereocenters. The van der Waals surface area contributed by atoms with Crippen molar-refractivity contribution in [3.63, 3.8) is 0 Å². The Kier molecular flexibility index (Phi) is 5.18. The Bertz CT molecular complexity index is 356. The second kappa shape index (κ2) is 5.47. The SMILES string of the molecule is Cl.N[C@@H](CO)c1ccc(C(F)(F)F)cc1F. The lowest BCUT2D eigenvalue weighted by Gasteiger charge is -2.12. The van der Waals surface area contributed by atoms with Gasteiger partial charge in [-0.1, -0.05) is 6.07 Å². The van der Waals surface area contributed by atoms with Gasteiger partial charge < -0.3 is 10.8 Å². The van der Waals surface area contributed by atoms with Gasteiger partial charge in [0, 0.05) is 5.56 Å². The predicted molar refractivity (Wildman–Crippen MR) is 52.7 cm³/mol. The van der Waals surface area contributed by atoms with E-state index < -0.39 is 30.2 Å². The maximum atomic E-state index is 13.1. The second-order valence-corrected chi connectivity index (χ2v) is 3.02. The van der Waals surface area contributed by atoms with Gasteiger partial charge in [0.2, 0.25) is 0 Å². The third kappa shape index (κ3) is 3.33. The van der Waals surface area contributed by atoms with Gasteiger partial charge in [-0.15, -0.1) is 12.4 Å². The summed E-state index contributed by atoms with van der Waals surface area (Å²) in [6, 6.07) is 1.02. The van der Waals surface area contributed by atoms with Crippen LogP contribution in [0.3, 0.4) is 0 Å². The van der Waals surface area contributed by atoms with Crippen LogP contribution in [-0.2, 0) is 6.18 Å². The molecule has 0 unspecified atom stereocenters. The van der Waals surface area contributed by atoms with Gasteiger partial charge in [-0.3, -0.25) is 0 Å². The number of nitrogens with two attached hydrogens (primary N) is 1. The highest BCUT2D eigenvalue weighted by molar-refractivity contribution is 5.85. The molecule has 92 valence electrons. The fraction of sp³-hybridized carbons (Fsp3) is 0.333. The summed E-state index contributed by atoms with van der Waals surface area (Å²) in [5.41, 5.74) is 4.07. The van der Waals surface area contributed by atoms with Crippen LogP contribution in [0.4, 0.5) is 17.6 Å². The number of halogens is 5. The molecule has 0 heterocycles. The number of hydrogen-bond donors (Lipinski definition) is 2. The highest BCUT2D eigenvalue weighted by atomic mass is 35.5. The minimum absolute atomic E-state index is 0. The van der Waals surface area contributed by atoms with E-state index in [1.807, 2.05) is 0 Å². The van der Waals surface area contributed by atoms with Crippen molar-refractivity contribution in [3.8, 4) is 0 Å². The molecule has 0 radical (unpaired) electrons. The molecule has 0 saturated heterocycles. The van der Waals surface area contributed by atoms with Gasteiger partial charge in [0.25, 0.3) is 0 Å². The molecular weight excluding hydrogens is 250 g/mol. The molecule has 0 saturated carbocycles. The van der Waals surface area contributed by atoms with Crippen LogP contribution < -0.4 is 5.73 Å². The summed E-state index contributed by atoms with van der Waals surface area (Å²) >= 11 is 0. The first-order valence-electron chi connectivity index (χ1n) is 4.09. The minimum Gasteiger partial charge on any atom is -0.394 e. The molecule has 0 aliphatic rings. The van der Waals surface area contributed by atoms with E-state index >= 15 is 0 Å². The molecule has 0 aliphatic heterocycles. The zero-order valence-electron chi connectivity index (χ0n) is 7.96. The average Bonchev–Trinajstić information content (AvgIpc) is 2.15. The number of rotatable bonds is 2. The van der Waals surface area contributed by atoms with Gasteiger partial charge in [-0.25, -0.2) is 4.39 Å². The van der Waals surface area contributed by atoms with Gasteiger partial charge in [0.1, 0.15) is 5.82 Å². The van der Waals surface area contributed by atoms with Gasteiger partial charge in [-0.05, 0) is 12.1 Å². The van der Waals surface area contributed by atoms with E-state index in [0.717, 1.165) is 12.1 Å². The average molecular weight is 260 g/mol. The summed E-state index contributed by atoms with van der Waals surface area (Å²) in [4.78, 5) is 0. The lowest BCUT2D eigenvalue weighted by molar-refractivity contribution is -0.137.